The molecule has 0 bridgehead atoms. The Kier molecular flexibility index (Phi) is 6.37. The van der Waals surface area contributed by atoms with Crippen LogP contribution in [0.1, 0.15) is 16.8 Å². The molecule has 0 saturated heterocycles. The van der Waals surface area contributed by atoms with Gasteiger partial charge in [0.1, 0.15) is 5.65 Å². The fourth-order valence-electron chi connectivity index (χ4n) is 3.04. The zero-order valence-corrected chi connectivity index (χ0v) is 16.6. The number of aliphatic imine (C=N–C) groups is 1. The van der Waals surface area contributed by atoms with Gasteiger partial charge in [0, 0.05) is 31.9 Å². The molecule has 28 heavy (non-hydrogen) atoms. The van der Waals surface area contributed by atoms with E-state index in [1.54, 1.807) is 14.2 Å². The predicted molar refractivity (Wildman–Crippen MR) is 111 cm³/mol. The predicted octanol–water partition coefficient (Wildman–Crippen LogP) is 2.35. The number of nitrogens with two attached hydrogens (primary N) is 1. The molecule has 0 saturated carbocycles. The zero-order valence-electron chi connectivity index (χ0n) is 16.6. The average molecular weight is 381 g/mol. The number of rotatable bonds is 8. The summed E-state index contributed by atoms with van der Waals surface area (Å²) >= 11 is 0. The quantitative estimate of drug-likeness (QED) is 0.462. The molecule has 3 aromatic rings. The smallest absolute Gasteiger partial charge is 0.188 e. The first-order valence-electron chi connectivity index (χ1n) is 9.28. The van der Waals surface area contributed by atoms with Gasteiger partial charge in [-0.2, -0.15) is 0 Å². The highest BCUT2D eigenvalue weighted by atomic mass is 16.5. The van der Waals surface area contributed by atoms with Crippen LogP contribution in [0.4, 0.5) is 0 Å². The molecular formula is C21H27N5O2. The molecule has 148 valence electrons. The van der Waals surface area contributed by atoms with Gasteiger partial charge in [0.15, 0.2) is 17.5 Å². The molecule has 0 aliphatic carbocycles. The Bertz CT molecular complexity index is 965. The maximum absolute atomic E-state index is 5.97. The topological polar surface area (TPSA) is 86.2 Å². The molecule has 0 amide bonds. The minimum atomic E-state index is 0.445. The Morgan fingerprint density at radius 3 is 2.75 bits per heavy atom. The highest BCUT2D eigenvalue weighted by Gasteiger charge is 2.05. The van der Waals surface area contributed by atoms with Crippen molar-refractivity contribution in [1.29, 1.82) is 0 Å². The number of imidazole rings is 1. The van der Waals surface area contributed by atoms with E-state index in [-0.39, 0.29) is 0 Å². The number of pyridine rings is 1. The van der Waals surface area contributed by atoms with Crippen molar-refractivity contribution in [3.8, 4) is 11.5 Å². The summed E-state index contributed by atoms with van der Waals surface area (Å²) in [5.41, 5.74) is 10.3. The lowest BCUT2D eigenvalue weighted by molar-refractivity contribution is 0.354. The lowest BCUT2D eigenvalue weighted by Gasteiger charge is -2.10. The third-order valence-corrected chi connectivity index (χ3v) is 4.55. The summed E-state index contributed by atoms with van der Waals surface area (Å²) in [5.74, 6) is 1.90. The number of guanidine groups is 1. The standard InChI is InChI=1S/C21H27N5O2/c1-15-5-4-12-26-14-17(25-20(15)26)9-11-24-21(22)23-10-8-16-6-7-18(27-2)19(13-16)28-3/h4-7,12-14H,8-11H2,1-3H3,(H3,22,23,24). The Hall–Kier alpha value is -3.22. The van der Waals surface area contributed by atoms with Gasteiger partial charge in [-0.15, -0.1) is 0 Å². The third kappa shape index (κ3) is 4.73. The molecule has 7 nitrogen and oxygen atoms in total. The number of fused-ring (bicyclic) bond motifs is 1. The molecule has 1 aromatic carbocycles. The van der Waals surface area contributed by atoms with Gasteiger partial charge in [-0.05, 0) is 42.7 Å². The van der Waals surface area contributed by atoms with Gasteiger partial charge in [-0.25, -0.2) is 4.98 Å². The molecule has 0 fully saturated rings. The van der Waals surface area contributed by atoms with Crippen LogP contribution in [0.15, 0.2) is 47.7 Å². The van der Waals surface area contributed by atoms with E-state index in [0.717, 1.165) is 46.8 Å². The van der Waals surface area contributed by atoms with Gasteiger partial charge in [-0.3, -0.25) is 4.99 Å². The van der Waals surface area contributed by atoms with Gasteiger partial charge in [0.25, 0.3) is 0 Å². The van der Waals surface area contributed by atoms with E-state index in [0.29, 0.717) is 19.0 Å². The number of aromatic nitrogens is 2. The van der Waals surface area contributed by atoms with E-state index in [9.17, 15) is 0 Å². The number of hydrogen-bond acceptors (Lipinski definition) is 4. The van der Waals surface area contributed by atoms with E-state index in [2.05, 4.69) is 28.3 Å². The number of methoxy groups -OCH3 is 2. The average Bonchev–Trinajstić information content (AvgIpc) is 3.12. The summed E-state index contributed by atoms with van der Waals surface area (Å²) in [7, 11) is 3.26. The largest absolute Gasteiger partial charge is 0.493 e. The molecule has 0 aliphatic heterocycles. The van der Waals surface area contributed by atoms with Crippen molar-refractivity contribution in [1.82, 2.24) is 14.7 Å². The summed E-state index contributed by atoms with van der Waals surface area (Å²) in [6.07, 6.45) is 5.60. The van der Waals surface area contributed by atoms with E-state index in [4.69, 9.17) is 15.2 Å². The number of ether oxygens (including phenoxy) is 2. The minimum absolute atomic E-state index is 0.445. The van der Waals surface area contributed by atoms with Crippen molar-refractivity contribution in [2.45, 2.75) is 19.8 Å². The Morgan fingerprint density at radius 2 is 2.00 bits per heavy atom. The molecule has 0 unspecified atom stereocenters. The van der Waals surface area contributed by atoms with Gasteiger partial charge in [0.05, 0.1) is 19.9 Å². The number of nitrogens with zero attached hydrogens (tertiary/aromatic N) is 3. The summed E-state index contributed by atoms with van der Waals surface area (Å²) in [5, 5.41) is 3.15. The van der Waals surface area contributed by atoms with E-state index < -0.39 is 0 Å². The second kappa shape index (κ2) is 9.12. The first kappa shape index (κ1) is 19.5. The first-order valence-corrected chi connectivity index (χ1v) is 9.28. The van der Waals surface area contributed by atoms with Crippen molar-refractivity contribution in [2.24, 2.45) is 10.7 Å². The lowest BCUT2D eigenvalue weighted by Crippen LogP contribution is -2.33. The molecule has 3 N–H and O–H groups in total. The Morgan fingerprint density at radius 1 is 1.18 bits per heavy atom. The number of benzene rings is 1. The number of hydrogen-bond donors (Lipinski definition) is 2. The summed E-state index contributed by atoms with van der Waals surface area (Å²) in [6, 6.07) is 9.97. The molecule has 0 spiro atoms. The summed E-state index contributed by atoms with van der Waals surface area (Å²) < 4.78 is 12.6. The molecule has 2 aromatic heterocycles. The summed E-state index contributed by atoms with van der Waals surface area (Å²) in [6.45, 7) is 3.35. The number of nitrogens with one attached hydrogen (secondary N) is 1. The fourth-order valence-corrected chi connectivity index (χ4v) is 3.04. The normalized spacial score (nSPS) is 11.6. The van der Waals surface area contributed by atoms with Gasteiger partial charge in [0.2, 0.25) is 0 Å². The third-order valence-electron chi connectivity index (χ3n) is 4.55. The minimum Gasteiger partial charge on any atom is -0.493 e. The highest BCUT2D eigenvalue weighted by molar-refractivity contribution is 5.77. The molecule has 7 heteroatoms. The molecule has 0 aliphatic rings. The van der Waals surface area contributed by atoms with Crippen molar-refractivity contribution >= 4 is 11.6 Å². The fraction of sp³-hybridized carbons (Fsp3) is 0.333. The number of aryl methyl sites for hydroxylation is 1. The van der Waals surface area contributed by atoms with Crippen LogP contribution in [0.3, 0.4) is 0 Å². The van der Waals surface area contributed by atoms with Crippen molar-refractivity contribution in [2.75, 3.05) is 27.3 Å². The monoisotopic (exact) mass is 381 g/mol. The van der Waals surface area contributed by atoms with Crippen LogP contribution in [0, 0.1) is 6.92 Å². The van der Waals surface area contributed by atoms with Crippen LogP contribution < -0.4 is 20.5 Å². The van der Waals surface area contributed by atoms with Gasteiger partial charge < -0.3 is 24.9 Å². The van der Waals surface area contributed by atoms with Crippen LogP contribution in [-0.2, 0) is 12.8 Å². The second-order valence-electron chi connectivity index (χ2n) is 6.54. The maximum Gasteiger partial charge on any atom is 0.188 e. The van der Waals surface area contributed by atoms with Crippen LogP contribution in [0.25, 0.3) is 5.65 Å². The van der Waals surface area contributed by atoms with E-state index in [1.165, 1.54) is 0 Å². The van der Waals surface area contributed by atoms with Crippen LogP contribution >= 0.6 is 0 Å². The van der Waals surface area contributed by atoms with E-state index in [1.807, 2.05) is 41.1 Å². The van der Waals surface area contributed by atoms with Crippen LogP contribution in [0.5, 0.6) is 11.5 Å². The van der Waals surface area contributed by atoms with Crippen molar-refractivity contribution in [3.63, 3.8) is 0 Å². The molecule has 0 radical (unpaired) electrons. The molecular weight excluding hydrogens is 354 g/mol. The SMILES string of the molecule is COc1ccc(CCNC(N)=NCCc2cn3cccc(C)c3n2)cc1OC. The van der Waals surface area contributed by atoms with Gasteiger partial charge >= 0.3 is 0 Å². The van der Waals surface area contributed by atoms with Gasteiger partial charge in [-0.1, -0.05) is 12.1 Å². The lowest BCUT2D eigenvalue weighted by atomic mass is 10.1. The molecule has 2 heterocycles. The summed E-state index contributed by atoms with van der Waals surface area (Å²) in [4.78, 5) is 9.05. The Balaban J connectivity index is 1.47. The Labute approximate surface area is 165 Å². The highest BCUT2D eigenvalue weighted by Crippen LogP contribution is 2.27. The zero-order chi connectivity index (χ0) is 19.9. The van der Waals surface area contributed by atoms with Crippen molar-refractivity contribution < 1.29 is 9.47 Å². The van der Waals surface area contributed by atoms with E-state index >= 15 is 0 Å². The molecule has 0 atom stereocenters. The first-order chi connectivity index (χ1) is 13.6. The molecule has 3 rings (SSSR count). The van der Waals surface area contributed by atoms with Crippen LogP contribution in [-0.4, -0.2) is 42.7 Å². The van der Waals surface area contributed by atoms with Crippen molar-refractivity contribution in [3.05, 3.63) is 59.5 Å². The second-order valence-corrected chi connectivity index (χ2v) is 6.54. The van der Waals surface area contributed by atoms with Crippen LogP contribution in [0.2, 0.25) is 0 Å². The maximum atomic E-state index is 5.97.